The number of fused-ring (bicyclic) bond motifs is 1. The van der Waals surface area contributed by atoms with Gasteiger partial charge in [-0.2, -0.15) is 0 Å². The summed E-state index contributed by atoms with van der Waals surface area (Å²) in [6.45, 7) is 9.38. The molecule has 0 aliphatic rings. The minimum Gasteiger partial charge on any atom is -0.439 e. The number of hydrogen-bond acceptors (Lipinski definition) is 4. The molecule has 110 valence electrons. The summed E-state index contributed by atoms with van der Waals surface area (Å²) < 4.78 is 5.73. The summed E-state index contributed by atoms with van der Waals surface area (Å²) in [7, 11) is 0. The van der Waals surface area contributed by atoms with Crippen LogP contribution in [0.5, 0.6) is 0 Å². The van der Waals surface area contributed by atoms with E-state index in [9.17, 15) is 0 Å². The van der Waals surface area contributed by atoms with E-state index in [1.807, 2.05) is 13.0 Å². The van der Waals surface area contributed by atoms with Crippen LogP contribution in [-0.4, -0.2) is 22.7 Å². The lowest BCUT2D eigenvalue weighted by Gasteiger charge is -2.18. The van der Waals surface area contributed by atoms with E-state index in [0.717, 1.165) is 17.5 Å². The molecule has 0 saturated heterocycles. The summed E-state index contributed by atoms with van der Waals surface area (Å²) >= 11 is 0. The number of hydrogen-bond donors (Lipinski definition) is 2. The fraction of sp³-hybridized carbons (Fsp3) is 0.562. The average Bonchev–Trinajstić information content (AvgIpc) is 2.77. The van der Waals surface area contributed by atoms with Crippen LogP contribution in [-0.2, 0) is 12.0 Å². The van der Waals surface area contributed by atoms with Gasteiger partial charge in [-0.05, 0) is 36.5 Å². The third-order valence-electron chi connectivity index (χ3n) is 3.46. The Labute approximate surface area is 120 Å². The first kappa shape index (κ1) is 15.0. The minimum atomic E-state index is 0.112. The van der Waals surface area contributed by atoms with E-state index in [0.29, 0.717) is 12.4 Å². The van der Waals surface area contributed by atoms with Crippen LogP contribution >= 0.6 is 0 Å². The topological polar surface area (TPSA) is 58.3 Å². The second kappa shape index (κ2) is 5.94. The highest BCUT2D eigenvalue weighted by atomic mass is 16.3. The van der Waals surface area contributed by atoms with Crippen LogP contribution in [0.4, 0.5) is 0 Å². The van der Waals surface area contributed by atoms with Crippen LogP contribution in [0.15, 0.2) is 22.6 Å². The van der Waals surface area contributed by atoms with Crippen molar-refractivity contribution in [3.05, 3.63) is 29.7 Å². The maximum Gasteiger partial charge on any atom is 0.209 e. The molecule has 0 amide bonds. The Kier molecular flexibility index (Phi) is 4.45. The lowest BCUT2D eigenvalue weighted by Crippen LogP contribution is -2.26. The summed E-state index contributed by atoms with van der Waals surface area (Å²) in [5.74, 6) is 0.691. The van der Waals surface area contributed by atoms with E-state index in [1.165, 1.54) is 5.56 Å². The molecule has 0 radical (unpaired) electrons. The molecule has 0 spiro atoms. The van der Waals surface area contributed by atoms with Gasteiger partial charge in [0.1, 0.15) is 5.52 Å². The smallest absolute Gasteiger partial charge is 0.209 e. The average molecular weight is 276 g/mol. The zero-order valence-electron chi connectivity index (χ0n) is 12.7. The number of aromatic nitrogens is 1. The van der Waals surface area contributed by atoms with Crippen molar-refractivity contribution in [3.8, 4) is 0 Å². The number of benzene rings is 1. The van der Waals surface area contributed by atoms with Crippen LogP contribution in [0.2, 0.25) is 0 Å². The third-order valence-corrected chi connectivity index (χ3v) is 3.46. The highest BCUT2D eigenvalue weighted by molar-refractivity contribution is 5.73. The molecule has 2 N–H and O–H groups in total. The van der Waals surface area contributed by atoms with E-state index in [2.05, 4.69) is 43.2 Å². The molecule has 1 aromatic heterocycles. The first-order valence-corrected chi connectivity index (χ1v) is 7.14. The predicted octanol–water partition coefficient (Wildman–Crippen LogP) is 2.99. The largest absolute Gasteiger partial charge is 0.439 e. The summed E-state index contributed by atoms with van der Waals surface area (Å²) in [5.41, 5.74) is 3.10. The van der Waals surface area contributed by atoms with Crippen LogP contribution in [0.1, 0.15) is 45.6 Å². The first-order valence-electron chi connectivity index (χ1n) is 7.14. The molecule has 0 saturated carbocycles. The van der Waals surface area contributed by atoms with E-state index in [-0.39, 0.29) is 18.1 Å². The number of oxazole rings is 1. The molecule has 0 fully saturated rings. The Bertz CT molecular complexity index is 569. The van der Waals surface area contributed by atoms with Crippen LogP contribution < -0.4 is 5.32 Å². The molecule has 4 nitrogen and oxygen atoms in total. The maximum absolute atomic E-state index is 8.88. The lowest BCUT2D eigenvalue weighted by atomic mass is 9.87. The van der Waals surface area contributed by atoms with E-state index in [4.69, 9.17) is 9.52 Å². The molecular formula is C16H24N2O2. The molecular weight excluding hydrogens is 252 g/mol. The van der Waals surface area contributed by atoms with Gasteiger partial charge in [-0.1, -0.05) is 26.8 Å². The Hall–Kier alpha value is -1.39. The van der Waals surface area contributed by atoms with Crippen molar-refractivity contribution in [2.45, 2.75) is 52.1 Å². The van der Waals surface area contributed by atoms with Crippen molar-refractivity contribution < 1.29 is 9.52 Å². The van der Waals surface area contributed by atoms with Gasteiger partial charge in [0.2, 0.25) is 5.89 Å². The van der Waals surface area contributed by atoms with E-state index < -0.39 is 0 Å². The van der Waals surface area contributed by atoms with Gasteiger partial charge in [-0.25, -0.2) is 4.98 Å². The molecule has 0 aliphatic carbocycles. The standard InChI is InChI=1S/C16H24N2O2/c1-11(7-8-19)17-10-15-18-13-9-12(16(2,3)4)5-6-14(13)20-15/h5-6,9,11,17,19H,7-8,10H2,1-4H3/t11-/m1/s1. The van der Waals surface area contributed by atoms with Crippen molar-refractivity contribution in [1.29, 1.82) is 0 Å². The minimum absolute atomic E-state index is 0.112. The summed E-state index contributed by atoms with van der Waals surface area (Å²) in [6, 6.07) is 6.43. The highest BCUT2D eigenvalue weighted by Gasteiger charge is 2.15. The van der Waals surface area contributed by atoms with Gasteiger partial charge in [0.25, 0.3) is 0 Å². The van der Waals surface area contributed by atoms with Gasteiger partial charge in [-0.3, -0.25) is 0 Å². The van der Waals surface area contributed by atoms with Gasteiger partial charge >= 0.3 is 0 Å². The monoisotopic (exact) mass is 276 g/mol. The fourth-order valence-corrected chi connectivity index (χ4v) is 2.07. The normalized spacial score (nSPS) is 13.8. The lowest BCUT2D eigenvalue weighted by molar-refractivity contribution is 0.267. The molecule has 20 heavy (non-hydrogen) atoms. The van der Waals surface area contributed by atoms with Crippen molar-refractivity contribution in [1.82, 2.24) is 10.3 Å². The number of aliphatic hydroxyl groups is 1. The second-order valence-electron chi connectivity index (χ2n) is 6.33. The first-order chi connectivity index (χ1) is 9.40. The molecule has 0 unspecified atom stereocenters. The van der Waals surface area contributed by atoms with E-state index >= 15 is 0 Å². The quantitative estimate of drug-likeness (QED) is 0.881. The zero-order valence-corrected chi connectivity index (χ0v) is 12.7. The SMILES string of the molecule is C[C@H](CCO)NCc1nc2cc(C(C)(C)C)ccc2o1. The molecule has 0 aliphatic heterocycles. The molecule has 0 bridgehead atoms. The molecule has 2 rings (SSSR count). The van der Waals surface area contributed by atoms with Crippen LogP contribution in [0.3, 0.4) is 0 Å². The summed E-state index contributed by atoms with van der Waals surface area (Å²) in [5, 5.41) is 12.2. The molecule has 1 aromatic carbocycles. The third kappa shape index (κ3) is 3.58. The number of rotatable bonds is 5. The Morgan fingerprint density at radius 3 is 2.75 bits per heavy atom. The Morgan fingerprint density at radius 2 is 2.10 bits per heavy atom. The van der Waals surface area contributed by atoms with Gasteiger partial charge < -0.3 is 14.8 Å². The highest BCUT2D eigenvalue weighted by Crippen LogP contribution is 2.26. The Morgan fingerprint density at radius 1 is 1.35 bits per heavy atom. The number of nitrogens with zero attached hydrogens (tertiary/aromatic N) is 1. The summed E-state index contributed by atoms with van der Waals surface area (Å²) in [6.07, 6.45) is 0.731. The second-order valence-corrected chi connectivity index (χ2v) is 6.33. The van der Waals surface area contributed by atoms with Gasteiger partial charge in [0.15, 0.2) is 5.58 Å². The van der Waals surface area contributed by atoms with Gasteiger partial charge in [0.05, 0.1) is 6.54 Å². The molecule has 1 atom stereocenters. The Balaban J connectivity index is 2.13. The van der Waals surface area contributed by atoms with Gasteiger partial charge in [0, 0.05) is 12.6 Å². The summed E-state index contributed by atoms with van der Waals surface area (Å²) in [4.78, 5) is 4.53. The van der Waals surface area contributed by atoms with E-state index in [1.54, 1.807) is 0 Å². The maximum atomic E-state index is 8.88. The van der Waals surface area contributed by atoms with Crippen molar-refractivity contribution in [2.75, 3.05) is 6.61 Å². The predicted molar refractivity (Wildman–Crippen MR) is 80.7 cm³/mol. The van der Waals surface area contributed by atoms with Crippen LogP contribution in [0.25, 0.3) is 11.1 Å². The van der Waals surface area contributed by atoms with Crippen molar-refractivity contribution in [2.24, 2.45) is 0 Å². The molecule has 1 heterocycles. The zero-order chi connectivity index (χ0) is 14.8. The number of aliphatic hydroxyl groups excluding tert-OH is 1. The van der Waals surface area contributed by atoms with Gasteiger partial charge in [-0.15, -0.1) is 0 Å². The van der Waals surface area contributed by atoms with Crippen molar-refractivity contribution >= 4 is 11.1 Å². The molecule has 2 aromatic rings. The number of nitrogens with one attached hydrogen (secondary N) is 1. The fourth-order valence-electron chi connectivity index (χ4n) is 2.07. The van der Waals surface area contributed by atoms with Crippen molar-refractivity contribution in [3.63, 3.8) is 0 Å². The molecule has 4 heteroatoms. The van der Waals surface area contributed by atoms with Crippen LogP contribution in [0, 0.1) is 0 Å².